The van der Waals surface area contributed by atoms with Crippen molar-refractivity contribution in [1.82, 2.24) is 4.98 Å². The zero-order valence-corrected chi connectivity index (χ0v) is 8.08. The van der Waals surface area contributed by atoms with Crippen molar-refractivity contribution >= 4 is 0 Å². The summed E-state index contributed by atoms with van der Waals surface area (Å²) < 4.78 is 41.8. The minimum absolute atomic E-state index is 0.00297. The van der Waals surface area contributed by atoms with Crippen LogP contribution in [0.4, 0.5) is 13.2 Å². The van der Waals surface area contributed by atoms with Crippen LogP contribution in [0.2, 0.25) is 0 Å². The summed E-state index contributed by atoms with van der Waals surface area (Å²) in [5, 5.41) is 8.63. The lowest BCUT2D eigenvalue weighted by Gasteiger charge is -2.09. The highest BCUT2D eigenvalue weighted by molar-refractivity contribution is 5.39. The van der Waals surface area contributed by atoms with Crippen molar-refractivity contribution in [3.63, 3.8) is 0 Å². The first-order valence-corrected chi connectivity index (χ1v) is 4.30. The Bertz CT molecular complexity index is 411. The van der Waals surface area contributed by atoms with Gasteiger partial charge in [-0.2, -0.15) is 18.4 Å². The largest absolute Gasteiger partial charge is 0.475 e. The van der Waals surface area contributed by atoms with Crippen LogP contribution in [0.15, 0.2) is 12.1 Å². The second-order valence-electron chi connectivity index (χ2n) is 2.80. The second-order valence-corrected chi connectivity index (χ2v) is 2.80. The van der Waals surface area contributed by atoms with E-state index in [4.69, 9.17) is 15.7 Å². The van der Waals surface area contributed by atoms with E-state index in [1.54, 1.807) is 6.07 Å². The molecule has 0 saturated heterocycles. The van der Waals surface area contributed by atoms with Gasteiger partial charge in [-0.05, 0) is 12.1 Å². The molecule has 4 nitrogen and oxygen atoms in total. The van der Waals surface area contributed by atoms with E-state index in [0.29, 0.717) is 0 Å². The molecule has 7 heteroatoms. The molecule has 2 N–H and O–H groups in total. The van der Waals surface area contributed by atoms with Gasteiger partial charge < -0.3 is 10.5 Å². The molecule has 0 atom stereocenters. The summed E-state index contributed by atoms with van der Waals surface area (Å²) in [6, 6.07) is 3.43. The molecule has 1 aromatic rings. The number of hydrogen-bond donors (Lipinski definition) is 1. The molecule has 16 heavy (non-hydrogen) atoms. The van der Waals surface area contributed by atoms with Crippen molar-refractivity contribution < 1.29 is 17.9 Å². The highest BCUT2D eigenvalue weighted by atomic mass is 19.4. The maximum absolute atomic E-state index is 12.3. The van der Waals surface area contributed by atoms with Crippen molar-refractivity contribution in [2.45, 2.75) is 6.18 Å². The van der Waals surface area contributed by atoms with E-state index in [2.05, 4.69) is 4.98 Å². The summed E-state index contributed by atoms with van der Waals surface area (Å²) >= 11 is 0. The molecule has 0 aromatic carbocycles. The van der Waals surface area contributed by atoms with Gasteiger partial charge >= 0.3 is 6.18 Å². The predicted octanol–water partition coefficient (Wildman–Crippen LogP) is 1.31. The molecule has 1 rings (SSSR count). The smallest absolute Gasteiger partial charge is 0.433 e. The SMILES string of the molecule is N#Cc1ccc(C(F)(F)F)nc1OCCN. The van der Waals surface area contributed by atoms with Gasteiger partial charge in [-0.25, -0.2) is 4.98 Å². The Morgan fingerprint density at radius 2 is 2.12 bits per heavy atom. The Hall–Kier alpha value is -1.81. The Balaban J connectivity index is 3.07. The first-order chi connectivity index (χ1) is 7.49. The molecular formula is C9H8F3N3O. The quantitative estimate of drug-likeness (QED) is 0.851. The van der Waals surface area contributed by atoms with Gasteiger partial charge in [0.25, 0.3) is 0 Å². The van der Waals surface area contributed by atoms with Gasteiger partial charge in [0.15, 0.2) is 0 Å². The fourth-order valence-electron chi connectivity index (χ4n) is 0.949. The fraction of sp³-hybridized carbons (Fsp3) is 0.333. The van der Waals surface area contributed by atoms with Crippen LogP contribution < -0.4 is 10.5 Å². The van der Waals surface area contributed by atoms with E-state index in [0.717, 1.165) is 12.1 Å². The molecule has 0 saturated carbocycles. The molecule has 1 aromatic heterocycles. The second kappa shape index (κ2) is 4.81. The van der Waals surface area contributed by atoms with Gasteiger partial charge in [-0.1, -0.05) is 0 Å². The Labute approximate surface area is 89.5 Å². The van der Waals surface area contributed by atoms with E-state index in [1.807, 2.05) is 0 Å². The highest BCUT2D eigenvalue weighted by Gasteiger charge is 2.33. The third-order valence-corrected chi connectivity index (χ3v) is 1.63. The number of alkyl halides is 3. The summed E-state index contributed by atoms with van der Waals surface area (Å²) in [5.41, 5.74) is 3.98. The van der Waals surface area contributed by atoms with E-state index in [-0.39, 0.29) is 24.6 Å². The number of rotatable bonds is 3. The van der Waals surface area contributed by atoms with Crippen LogP contribution in [0.1, 0.15) is 11.3 Å². The summed E-state index contributed by atoms with van der Waals surface area (Å²) in [4.78, 5) is 3.23. The summed E-state index contributed by atoms with van der Waals surface area (Å²) in [6.45, 7) is 0.131. The number of halogens is 3. The molecule has 1 heterocycles. The fourth-order valence-corrected chi connectivity index (χ4v) is 0.949. The molecule has 0 radical (unpaired) electrons. The monoisotopic (exact) mass is 231 g/mol. The van der Waals surface area contributed by atoms with Crippen LogP contribution in [0.5, 0.6) is 5.88 Å². The van der Waals surface area contributed by atoms with Gasteiger partial charge in [0.1, 0.15) is 23.9 Å². The van der Waals surface area contributed by atoms with Crippen LogP contribution >= 0.6 is 0 Å². The Morgan fingerprint density at radius 3 is 2.62 bits per heavy atom. The molecule has 0 aliphatic rings. The van der Waals surface area contributed by atoms with Gasteiger partial charge in [-0.3, -0.25) is 0 Å². The van der Waals surface area contributed by atoms with Crippen molar-refractivity contribution in [1.29, 1.82) is 5.26 Å². The standard InChI is InChI=1S/C9H8F3N3O/c10-9(11,12)7-2-1-6(5-14)8(15-7)16-4-3-13/h1-2H,3-4,13H2. The van der Waals surface area contributed by atoms with Crippen LogP contribution in [0.3, 0.4) is 0 Å². The van der Waals surface area contributed by atoms with E-state index >= 15 is 0 Å². The highest BCUT2D eigenvalue weighted by Crippen LogP contribution is 2.29. The van der Waals surface area contributed by atoms with E-state index < -0.39 is 11.9 Å². The molecule has 0 aliphatic heterocycles. The Kier molecular flexibility index (Phi) is 3.68. The van der Waals surface area contributed by atoms with Crippen molar-refractivity contribution in [2.75, 3.05) is 13.2 Å². The lowest BCUT2D eigenvalue weighted by atomic mass is 10.2. The average molecular weight is 231 g/mol. The lowest BCUT2D eigenvalue weighted by Crippen LogP contribution is -2.14. The number of nitrogens with two attached hydrogens (primary N) is 1. The van der Waals surface area contributed by atoms with Gasteiger partial charge in [0, 0.05) is 6.54 Å². The normalized spacial score (nSPS) is 10.9. The molecular weight excluding hydrogens is 223 g/mol. The lowest BCUT2D eigenvalue weighted by molar-refractivity contribution is -0.141. The average Bonchev–Trinajstić information content (AvgIpc) is 2.24. The zero-order valence-electron chi connectivity index (χ0n) is 8.08. The predicted molar refractivity (Wildman–Crippen MR) is 48.5 cm³/mol. The van der Waals surface area contributed by atoms with Crippen LogP contribution in [-0.2, 0) is 6.18 Å². The summed E-state index contributed by atoms with van der Waals surface area (Å²) in [6.07, 6.45) is -4.56. The first-order valence-electron chi connectivity index (χ1n) is 4.30. The number of pyridine rings is 1. The molecule has 86 valence electrons. The summed E-state index contributed by atoms with van der Waals surface area (Å²) in [7, 11) is 0. The maximum atomic E-state index is 12.3. The van der Waals surface area contributed by atoms with Crippen molar-refractivity contribution in [3.8, 4) is 11.9 Å². The minimum atomic E-state index is -4.56. The van der Waals surface area contributed by atoms with Crippen molar-refractivity contribution in [2.24, 2.45) is 5.73 Å². The molecule has 0 spiro atoms. The minimum Gasteiger partial charge on any atom is -0.475 e. The first kappa shape index (κ1) is 12.3. The molecule has 0 bridgehead atoms. The van der Waals surface area contributed by atoms with Crippen molar-refractivity contribution in [3.05, 3.63) is 23.4 Å². The molecule has 0 amide bonds. The topological polar surface area (TPSA) is 71.9 Å². The maximum Gasteiger partial charge on any atom is 0.433 e. The summed E-state index contributed by atoms with van der Waals surface area (Å²) in [5.74, 6) is -0.345. The number of ether oxygens (including phenoxy) is 1. The van der Waals surface area contributed by atoms with Gasteiger partial charge in [-0.15, -0.1) is 0 Å². The molecule has 0 fully saturated rings. The Morgan fingerprint density at radius 1 is 1.44 bits per heavy atom. The molecule has 0 aliphatic carbocycles. The number of nitrogens with zero attached hydrogens (tertiary/aromatic N) is 2. The number of aromatic nitrogens is 1. The third kappa shape index (κ3) is 2.84. The third-order valence-electron chi connectivity index (χ3n) is 1.63. The van der Waals surface area contributed by atoms with Gasteiger partial charge in [0.05, 0.1) is 0 Å². The van der Waals surface area contributed by atoms with Crippen LogP contribution in [0, 0.1) is 11.3 Å². The van der Waals surface area contributed by atoms with E-state index in [1.165, 1.54) is 0 Å². The zero-order chi connectivity index (χ0) is 12.2. The molecule has 0 unspecified atom stereocenters. The van der Waals surface area contributed by atoms with E-state index in [9.17, 15) is 13.2 Å². The number of hydrogen-bond acceptors (Lipinski definition) is 4. The van der Waals surface area contributed by atoms with Crippen LogP contribution in [-0.4, -0.2) is 18.1 Å². The van der Waals surface area contributed by atoms with Crippen LogP contribution in [0.25, 0.3) is 0 Å². The number of nitriles is 1. The van der Waals surface area contributed by atoms with Gasteiger partial charge in [0.2, 0.25) is 5.88 Å².